The molecule has 0 spiro atoms. The van der Waals surface area contributed by atoms with Crippen LogP contribution in [0.2, 0.25) is 0 Å². The Kier molecular flexibility index (Phi) is 8.73. The van der Waals surface area contributed by atoms with E-state index in [1.165, 1.54) is 0 Å². The van der Waals surface area contributed by atoms with Gasteiger partial charge in [0.1, 0.15) is 11.6 Å². The van der Waals surface area contributed by atoms with E-state index in [0.29, 0.717) is 13.0 Å². The fourth-order valence-corrected chi connectivity index (χ4v) is 3.65. The number of thiol groups is 1. The molecule has 2 aromatic rings. The summed E-state index contributed by atoms with van der Waals surface area (Å²) in [5, 5.41) is 12.4. The van der Waals surface area contributed by atoms with Crippen molar-refractivity contribution in [2.75, 3.05) is 12.3 Å². The van der Waals surface area contributed by atoms with Crippen LogP contribution in [0.5, 0.6) is 0 Å². The smallest absolute Gasteiger partial charge is 0.321 e. The number of rotatable bonds is 11. The second kappa shape index (κ2) is 11.0. The van der Waals surface area contributed by atoms with E-state index >= 15 is 0 Å². The molecular weight excluding hydrogens is 386 g/mol. The highest BCUT2D eigenvalue weighted by Crippen LogP contribution is 2.38. The standard InChI is InChI=1S/C23H29NO4S/c1-3-21(25)28-23(19-12-8-5-9-13-19,14-18-10-6-4-7-11-18)17(2)15-24-20(16-29)22(26)27/h4-13,17,20,24,29H,3,14-16H2,1-2H3,(H,26,27)/t17?,20-,23?/m0/s1. The van der Waals surface area contributed by atoms with Crippen molar-refractivity contribution in [1.82, 2.24) is 5.32 Å². The summed E-state index contributed by atoms with van der Waals surface area (Å²) in [6.45, 7) is 4.10. The molecule has 156 valence electrons. The number of nitrogens with one attached hydrogen (secondary N) is 1. The number of esters is 1. The van der Waals surface area contributed by atoms with Gasteiger partial charge in [-0.25, -0.2) is 0 Å². The minimum Gasteiger partial charge on any atom is -0.480 e. The number of carbonyl (C=O) groups excluding carboxylic acids is 1. The summed E-state index contributed by atoms with van der Waals surface area (Å²) in [6.07, 6.45) is 0.753. The van der Waals surface area contributed by atoms with Crippen LogP contribution >= 0.6 is 12.6 Å². The van der Waals surface area contributed by atoms with Crippen molar-refractivity contribution >= 4 is 24.6 Å². The predicted molar refractivity (Wildman–Crippen MR) is 117 cm³/mol. The summed E-state index contributed by atoms with van der Waals surface area (Å²) in [5.41, 5.74) is 0.997. The number of ether oxygens (including phenoxy) is 1. The van der Waals surface area contributed by atoms with Gasteiger partial charge in [0.25, 0.3) is 0 Å². The molecule has 0 radical (unpaired) electrons. The molecule has 0 amide bonds. The molecule has 6 heteroatoms. The minimum absolute atomic E-state index is 0.174. The maximum absolute atomic E-state index is 12.4. The fourth-order valence-electron chi connectivity index (χ4n) is 3.36. The van der Waals surface area contributed by atoms with Gasteiger partial charge in [0, 0.05) is 31.1 Å². The zero-order chi connectivity index (χ0) is 21.3. The lowest BCUT2D eigenvalue weighted by atomic mass is 9.77. The average molecular weight is 416 g/mol. The Bertz CT molecular complexity index is 784. The molecule has 0 aliphatic rings. The first-order chi connectivity index (χ1) is 13.9. The second-order valence-electron chi connectivity index (χ2n) is 7.13. The molecule has 2 N–H and O–H groups in total. The van der Waals surface area contributed by atoms with Gasteiger partial charge in [-0.15, -0.1) is 0 Å². The average Bonchev–Trinajstić information content (AvgIpc) is 2.74. The monoisotopic (exact) mass is 415 g/mol. The van der Waals surface area contributed by atoms with Crippen LogP contribution in [0.1, 0.15) is 31.4 Å². The topological polar surface area (TPSA) is 75.6 Å². The normalized spacial score (nSPS) is 15.1. The molecule has 0 aliphatic heterocycles. The van der Waals surface area contributed by atoms with Gasteiger partial charge in [-0.1, -0.05) is 74.5 Å². The van der Waals surface area contributed by atoms with Gasteiger partial charge in [-0.05, 0) is 11.1 Å². The number of carboxylic acids is 1. The van der Waals surface area contributed by atoms with E-state index in [2.05, 4.69) is 17.9 Å². The highest BCUT2D eigenvalue weighted by molar-refractivity contribution is 7.80. The van der Waals surface area contributed by atoms with E-state index in [-0.39, 0.29) is 24.1 Å². The van der Waals surface area contributed by atoms with Crippen molar-refractivity contribution in [1.29, 1.82) is 0 Å². The van der Waals surface area contributed by atoms with Crippen LogP contribution in [0.25, 0.3) is 0 Å². The van der Waals surface area contributed by atoms with Crippen molar-refractivity contribution in [3.05, 3.63) is 71.8 Å². The van der Waals surface area contributed by atoms with E-state index in [9.17, 15) is 14.7 Å². The van der Waals surface area contributed by atoms with E-state index in [1.807, 2.05) is 67.6 Å². The molecule has 5 nitrogen and oxygen atoms in total. The lowest BCUT2D eigenvalue weighted by Gasteiger charge is -2.40. The van der Waals surface area contributed by atoms with Gasteiger partial charge in [0.2, 0.25) is 0 Å². The van der Waals surface area contributed by atoms with Crippen LogP contribution in [-0.4, -0.2) is 35.4 Å². The first-order valence-electron chi connectivity index (χ1n) is 9.81. The lowest BCUT2D eigenvalue weighted by molar-refractivity contribution is -0.167. The van der Waals surface area contributed by atoms with Crippen molar-refractivity contribution in [3.63, 3.8) is 0 Å². The van der Waals surface area contributed by atoms with Gasteiger partial charge in [0.05, 0.1) is 0 Å². The second-order valence-corrected chi connectivity index (χ2v) is 7.49. The molecule has 3 atom stereocenters. The molecular formula is C23H29NO4S. The van der Waals surface area contributed by atoms with E-state index < -0.39 is 17.6 Å². The van der Waals surface area contributed by atoms with Gasteiger partial charge in [-0.3, -0.25) is 9.59 Å². The summed E-state index contributed by atoms with van der Waals surface area (Å²) >= 11 is 4.12. The van der Waals surface area contributed by atoms with Gasteiger partial charge < -0.3 is 15.2 Å². The van der Waals surface area contributed by atoms with Crippen LogP contribution in [0.3, 0.4) is 0 Å². The van der Waals surface area contributed by atoms with E-state index in [0.717, 1.165) is 11.1 Å². The van der Waals surface area contributed by atoms with Crippen molar-refractivity contribution in [3.8, 4) is 0 Å². The number of hydrogen-bond acceptors (Lipinski definition) is 5. The predicted octanol–water partition coefficient (Wildman–Crippen LogP) is 3.69. The molecule has 2 aromatic carbocycles. The van der Waals surface area contributed by atoms with Crippen molar-refractivity contribution in [2.24, 2.45) is 5.92 Å². The maximum atomic E-state index is 12.4. The zero-order valence-corrected chi connectivity index (χ0v) is 17.8. The molecule has 0 fully saturated rings. The van der Waals surface area contributed by atoms with Gasteiger partial charge >= 0.3 is 11.9 Å². The van der Waals surface area contributed by atoms with E-state index in [1.54, 1.807) is 6.92 Å². The molecule has 0 aromatic heterocycles. The number of hydrogen-bond donors (Lipinski definition) is 3. The zero-order valence-electron chi connectivity index (χ0n) is 16.9. The molecule has 0 saturated carbocycles. The first-order valence-corrected chi connectivity index (χ1v) is 10.4. The number of benzene rings is 2. The molecule has 2 unspecified atom stereocenters. The highest BCUT2D eigenvalue weighted by Gasteiger charge is 2.42. The summed E-state index contributed by atoms with van der Waals surface area (Å²) < 4.78 is 6.12. The largest absolute Gasteiger partial charge is 0.480 e. The SMILES string of the molecule is CCC(=O)OC(Cc1ccccc1)(c1ccccc1)C(C)CN[C@@H](CS)C(=O)O. The Morgan fingerprint density at radius 2 is 1.69 bits per heavy atom. The quantitative estimate of drug-likeness (QED) is 0.386. The fraction of sp³-hybridized carbons (Fsp3) is 0.391. The third-order valence-corrected chi connectivity index (χ3v) is 5.47. The first kappa shape index (κ1) is 23.0. The van der Waals surface area contributed by atoms with Crippen LogP contribution < -0.4 is 5.32 Å². The Hall–Kier alpha value is -2.31. The molecule has 2 rings (SSSR count). The van der Waals surface area contributed by atoms with Crippen LogP contribution in [0, 0.1) is 5.92 Å². The van der Waals surface area contributed by atoms with Crippen molar-refractivity contribution < 1.29 is 19.4 Å². The Labute approximate surface area is 177 Å². The van der Waals surface area contributed by atoms with E-state index in [4.69, 9.17) is 4.74 Å². The maximum Gasteiger partial charge on any atom is 0.321 e. The number of carbonyl (C=O) groups is 2. The molecule has 0 bridgehead atoms. The summed E-state index contributed by atoms with van der Waals surface area (Å²) in [6, 6.07) is 18.8. The Balaban J connectivity index is 2.45. The number of aliphatic carboxylic acids is 1. The minimum atomic E-state index is -0.953. The van der Waals surface area contributed by atoms with Gasteiger partial charge in [-0.2, -0.15) is 12.6 Å². The Morgan fingerprint density at radius 3 is 2.21 bits per heavy atom. The van der Waals surface area contributed by atoms with Gasteiger partial charge in [0.15, 0.2) is 0 Å². The summed E-state index contributed by atoms with van der Waals surface area (Å²) in [5.74, 6) is -1.26. The molecule has 0 saturated heterocycles. The summed E-state index contributed by atoms with van der Waals surface area (Å²) in [7, 11) is 0. The summed E-state index contributed by atoms with van der Waals surface area (Å²) in [4.78, 5) is 23.8. The lowest BCUT2D eigenvalue weighted by Crippen LogP contribution is -2.48. The molecule has 0 heterocycles. The third-order valence-electron chi connectivity index (χ3n) is 5.10. The van der Waals surface area contributed by atoms with Crippen molar-refractivity contribution in [2.45, 2.75) is 38.3 Å². The third kappa shape index (κ3) is 6.08. The molecule has 0 aliphatic carbocycles. The highest BCUT2D eigenvalue weighted by atomic mass is 32.1. The number of carboxylic acid groups (broad SMARTS) is 1. The van der Waals surface area contributed by atoms with Crippen LogP contribution in [0.15, 0.2) is 60.7 Å². The molecule has 29 heavy (non-hydrogen) atoms. The Morgan fingerprint density at radius 1 is 1.10 bits per heavy atom. The van der Waals surface area contributed by atoms with Crippen LogP contribution in [0.4, 0.5) is 0 Å². The van der Waals surface area contributed by atoms with Crippen LogP contribution in [-0.2, 0) is 26.3 Å².